The minimum Gasteiger partial charge on any atom is -0.397 e. The number of anilines is 2. The van der Waals surface area contributed by atoms with Gasteiger partial charge in [0.1, 0.15) is 0 Å². The van der Waals surface area contributed by atoms with Gasteiger partial charge in [0.2, 0.25) is 5.91 Å². The number of carbonyl (C=O) groups is 2. The van der Waals surface area contributed by atoms with Crippen LogP contribution in [0.4, 0.5) is 11.4 Å². The Morgan fingerprint density at radius 1 is 1.38 bits per heavy atom. The second-order valence-corrected chi connectivity index (χ2v) is 5.61. The van der Waals surface area contributed by atoms with Crippen LogP contribution in [0.3, 0.4) is 0 Å². The van der Waals surface area contributed by atoms with Crippen LogP contribution in [0.2, 0.25) is 0 Å². The van der Waals surface area contributed by atoms with Gasteiger partial charge >= 0.3 is 0 Å². The minimum absolute atomic E-state index is 0.0219. The quantitative estimate of drug-likeness (QED) is 0.803. The predicted molar refractivity (Wildman–Crippen MR) is 83.3 cm³/mol. The van der Waals surface area contributed by atoms with Crippen LogP contribution in [0.1, 0.15) is 23.7 Å². The average molecular weight is 290 g/mol. The van der Waals surface area contributed by atoms with Crippen molar-refractivity contribution >= 4 is 23.2 Å². The third-order valence-corrected chi connectivity index (χ3v) is 3.62. The maximum Gasteiger partial charge on any atom is 0.253 e. The smallest absolute Gasteiger partial charge is 0.253 e. The van der Waals surface area contributed by atoms with Gasteiger partial charge in [-0.25, -0.2) is 0 Å². The Bertz CT molecular complexity index is 557. The number of benzene rings is 1. The van der Waals surface area contributed by atoms with Crippen LogP contribution >= 0.6 is 0 Å². The van der Waals surface area contributed by atoms with Gasteiger partial charge in [0.25, 0.3) is 5.91 Å². The van der Waals surface area contributed by atoms with Crippen molar-refractivity contribution in [2.24, 2.45) is 0 Å². The van der Waals surface area contributed by atoms with Gasteiger partial charge < -0.3 is 20.9 Å². The van der Waals surface area contributed by atoms with Crippen LogP contribution in [-0.2, 0) is 4.79 Å². The second kappa shape index (κ2) is 6.03. The number of hydrogen-bond donors (Lipinski definition) is 2. The van der Waals surface area contributed by atoms with Gasteiger partial charge in [-0.15, -0.1) is 0 Å². The van der Waals surface area contributed by atoms with Crippen molar-refractivity contribution in [3.63, 3.8) is 0 Å². The normalized spacial score (nSPS) is 17.7. The molecule has 114 valence electrons. The summed E-state index contributed by atoms with van der Waals surface area (Å²) in [6, 6.07) is 5.46. The topological polar surface area (TPSA) is 78.7 Å². The van der Waals surface area contributed by atoms with Gasteiger partial charge in [-0.3, -0.25) is 9.59 Å². The molecule has 0 spiro atoms. The van der Waals surface area contributed by atoms with Crippen LogP contribution in [-0.4, -0.2) is 49.9 Å². The van der Waals surface area contributed by atoms with E-state index < -0.39 is 0 Å². The van der Waals surface area contributed by atoms with E-state index >= 15 is 0 Å². The van der Waals surface area contributed by atoms with E-state index in [4.69, 9.17) is 5.73 Å². The Labute approximate surface area is 124 Å². The Hall–Kier alpha value is -2.24. The third kappa shape index (κ3) is 3.45. The molecule has 0 bridgehead atoms. The number of amides is 2. The molecule has 1 unspecified atom stereocenters. The standard InChI is InChI=1S/C15H22N4O2/c1-10(20)17-12-6-7-19(9-12)14-8-11(4-5-13(14)16)15(21)18(2)3/h4-5,8,12H,6-7,9,16H2,1-3H3,(H,17,20). The van der Waals surface area contributed by atoms with Crippen molar-refractivity contribution in [1.29, 1.82) is 0 Å². The number of carbonyl (C=O) groups excluding carboxylic acids is 2. The van der Waals surface area contributed by atoms with E-state index in [2.05, 4.69) is 10.2 Å². The second-order valence-electron chi connectivity index (χ2n) is 5.61. The van der Waals surface area contributed by atoms with Gasteiger partial charge in [-0.2, -0.15) is 0 Å². The number of nitrogens with zero attached hydrogens (tertiary/aromatic N) is 2. The van der Waals surface area contributed by atoms with Gasteiger partial charge in [0.05, 0.1) is 11.4 Å². The van der Waals surface area contributed by atoms with Crippen LogP contribution in [0.15, 0.2) is 18.2 Å². The molecule has 3 N–H and O–H groups in total. The fourth-order valence-electron chi connectivity index (χ4n) is 2.59. The summed E-state index contributed by atoms with van der Waals surface area (Å²) in [5, 5.41) is 2.92. The fraction of sp³-hybridized carbons (Fsp3) is 0.467. The van der Waals surface area contributed by atoms with Gasteiger partial charge in [-0.05, 0) is 24.6 Å². The third-order valence-electron chi connectivity index (χ3n) is 3.62. The Kier molecular flexibility index (Phi) is 4.35. The SMILES string of the molecule is CC(=O)NC1CCN(c2cc(C(=O)N(C)C)ccc2N)C1. The number of nitrogens with one attached hydrogen (secondary N) is 1. The first kappa shape index (κ1) is 15.2. The van der Waals surface area contributed by atoms with E-state index in [1.165, 1.54) is 6.92 Å². The monoisotopic (exact) mass is 290 g/mol. The molecule has 2 amide bonds. The Morgan fingerprint density at radius 2 is 2.10 bits per heavy atom. The lowest BCUT2D eigenvalue weighted by atomic mass is 10.1. The van der Waals surface area contributed by atoms with Gasteiger partial charge in [0.15, 0.2) is 0 Å². The lowest BCUT2D eigenvalue weighted by molar-refractivity contribution is -0.119. The van der Waals surface area contributed by atoms with E-state index in [-0.39, 0.29) is 17.9 Å². The number of nitrogen functional groups attached to an aromatic ring is 1. The van der Waals surface area contributed by atoms with Gasteiger partial charge in [-0.1, -0.05) is 0 Å². The summed E-state index contributed by atoms with van der Waals surface area (Å²) in [5.41, 5.74) is 8.16. The zero-order valence-corrected chi connectivity index (χ0v) is 12.7. The summed E-state index contributed by atoms with van der Waals surface area (Å²) >= 11 is 0. The van der Waals surface area contributed by atoms with Crippen molar-refractivity contribution in [2.75, 3.05) is 37.8 Å². The molecule has 0 aliphatic carbocycles. The molecule has 1 aromatic carbocycles. The van der Waals surface area contributed by atoms with Crippen molar-refractivity contribution in [2.45, 2.75) is 19.4 Å². The molecule has 0 aromatic heterocycles. The largest absolute Gasteiger partial charge is 0.397 e. The Balaban J connectivity index is 2.18. The highest BCUT2D eigenvalue weighted by Gasteiger charge is 2.25. The average Bonchev–Trinajstić information content (AvgIpc) is 2.85. The lowest BCUT2D eigenvalue weighted by Gasteiger charge is -2.22. The first-order valence-electron chi connectivity index (χ1n) is 7.01. The molecular formula is C15H22N4O2. The Morgan fingerprint density at radius 3 is 2.71 bits per heavy atom. The molecule has 6 heteroatoms. The molecular weight excluding hydrogens is 268 g/mol. The van der Waals surface area contributed by atoms with Crippen molar-refractivity contribution in [3.05, 3.63) is 23.8 Å². The summed E-state index contributed by atoms with van der Waals surface area (Å²) in [7, 11) is 3.45. The first-order chi connectivity index (χ1) is 9.88. The summed E-state index contributed by atoms with van der Waals surface area (Å²) in [6.45, 7) is 3.05. The van der Waals surface area contributed by atoms with E-state index in [9.17, 15) is 9.59 Å². The van der Waals surface area contributed by atoms with E-state index in [0.29, 0.717) is 17.8 Å². The molecule has 0 saturated carbocycles. The maximum atomic E-state index is 12.0. The van der Waals surface area contributed by atoms with Crippen LogP contribution in [0.5, 0.6) is 0 Å². The van der Waals surface area contributed by atoms with E-state index in [0.717, 1.165) is 18.7 Å². The van der Waals surface area contributed by atoms with Gasteiger partial charge in [0, 0.05) is 45.7 Å². The summed E-state index contributed by atoms with van der Waals surface area (Å²) < 4.78 is 0. The molecule has 1 aromatic rings. The zero-order chi connectivity index (χ0) is 15.6. The zero-order valence-electron chi connectivity index (χ0n) is 12.7. The molecule has 0 radical (unpaired) electrons. The molecule has 1 atom stereocenters. The molecule has 1 fully saturated rings. The minimum atomic E-state index is -0.0474. The molecule has 1 aliphatic rings. The summed E-state index contributed by atoms with van der Waals surface area (Å²) in [5.74, 6) is -0.0692. The highest BCUT2D eigenvalue weighted by atomic mass is 16.2. The van der Waals surface area contributed by atoms with Crippen LogP contribution in [0, 0.1) is 0 Å². The lowest BCUT2D eigenvalue weighted by Crippen LogP contribution is -2.35. The molecule has 6 nitrogen and oxygen atoms in total. The summed E-state index contributed by atoms with van der Waals surface area (Å²) in [4.78, 5) is 26.8. The number of rotatable bonds is 3. The number of hydrogen-bond acceptors (Lipinski definition) is 4. The van der Waals surface area contributed by atoms with Crippen LogP contribution < -0.4 is 16.0 Å². The number of nitrogens with two attached hydrogens (primary N) is 1. The highest BCUT2D eigenvalue weighted by molar-refractivity contribution is 5.96. The molecule has 21 heavy (non-hydrogen) atoms. The first-order valence-corrected chi connectivity index (χ1v) is 7.01. The fourth-order valence-corrected chi connectivity index (χ4v) is 2.59. The molecule has 2 rings (SSSR count). The van der Waals surface area contributed by atoms with Crippen LogP contribution in [0.25, 0.3) is 0 Å². The molecule has 1 aliphatic heterocycles. The van der Waals surface area contributed by atoms with Crippen molar-refractivity contribution in [1.82, 2.24) is 10.2 Å². The maximum absolute atomic E-state index is 12.0. The van der Waals surface area contributed by atoms with Crippen molar-refractivity contribution in [3.8, 4) is 0 Å². The molecule has 1 heterocycles. The highest BCUT2D eigenvalue weighted by Crippen LogP contribution is 2.28. The molecule has 1 saturated heterocycles. The summed E-state index contributed by atoms with van der Waals surface area (Å²) in [6.07, 6.45) is 0.880. The van der Waals surface area contributed by atoms with E-state index in [1.807, 2.05) is 6.07 Å². The van der Waals surface area contributed by atoms with Crippen molar-refractivity contribution < 1.29 is 9.59 Å². The predicted octanol–water partition coefficient (Wildman–Crippen LogP) is 0.685. The van der Waals surface area contributed by atoms with E-state index in [1.54, 1.807) is 31.1 Å².